The van der Waals surface area contributed by atoms with Gasteiger partial charge in [-0.25, -0.2) is 0 Å². The molecule has 0 atom stereocenters. The molecule has 4 nitrogen and oxygen atoms in total. The van der Waals surface area contributed by atoms with Crippen LogP contribution in [0.1, 0.15) is 0 Å². The highest BCUT2D eigenvalue weighted by Gasteiger charge is 2.22. The van der Waals surface area contributed by atoms with Gasteiger partial charge in [-0.1, -0.05) is 109 Å². The van der Waals surface area contributed by atoms with E-state index in [1.54, 1.807) is 0 Å². The van der Waals surface area contributed by atoms with E-state index in [2.05, 4.69) is 161 Å². The van der Waals surface area contributed by atoms with Crippen molar-refractivity contribution in [1.29, 1.82) is 0 Å². The van der Waals surface area contributed by atoms with Crippen molar-refractivity contribution in [3.05, 3.63) is 170 Å². The van der Waals surface area contributed by atoms with E-state index in [0.717, 1.165) is 66.4 Å². The molecule has 0 radical (unpaired) electrons. The summed E-state index contributed by atoms with van der Waals surface area (Å²) in [6, 6.07) is 60.5. The zero-order valence-corrected chi connectivity index (χ0v) is 27.9. The highest BCUT2D eigenvalue weighted by atomic mass is 16.3. The highest BCUT2D eigenvalue weighted by Crippen LogP contribution is 2.44. The van der Waals surface area contributed by atoms with E-state index in [9.17, 15) is 0 Å². The Morgan fingerprint density at radius 1 is 0.327 bits per heavy atom. The van der Waals surface area contributed by atoms with Crippen molar-refractivity contribution >= 4 is 87.5 Å². The minimum atomic E-state index is 0.863. The monoisotopic (exact) mass is 664 g/mol. The number of fused-ring (bicyclic) bond motifs is 13. The van der Waals surface area contributed by atoms with Gasteiger partial charge in [0.1, 0.15) is 22.3 Å². The maximum atomic E-state index is 6.76. The minimum absolute atomic E-state index is 0.863. The second-order valence-electron chi connectivity index (χ2n) is 13.6. The fraction of sp³-hybridized carbons (Fsp3) is 0. The van der Waals surface area contributed by atoms with Gasteiger partial charge in [-0.3, -0.25) is 0 Å². The molecule has 8 aromatic carbocycles. The summed E-state index contributed by atoms with van der Waals surface area (Å²) in [6.07, 6.45) is 0. The molecule has 0 N–H and O–H groups in total. The molecular weight excluding hydrogens is 637 g/mol. The first kappa shape index (κ1) is 27.7. The lowest BCUT2D eigenvalue weighted by atomic mass is 9.97. The van der Waals surface area contributed by atoms with Gasteiger partial charge in [-0.05, 0) is 66.2 Å². The molecular formula is C48H28N2O2. The van der Waals surface area contributed by atoms with Gasteiger partial charge in [-0.2, -0.15) is 0 Å². The van der Waals surface area contributed by atoms with Crippen LogP contribution in [0.2, 0.25) is 0 Å². The molecule has 0 aliphatic heterocycles. The first-order chi connectivity index (χ1) is 25.8. The van der Waals surface area contributed by atoms with Gasteiger partial charge in [0.05, 0.1) is 22.1 Å². The largest absolute Gasteiger partial charge is 0.456 e. The van der Waals surface area contributed by atoms with Crippen molar-refractivity contribution < 1.29 is 8.83 Å². The Morgan fingerprint density at radius 3 is 1.88 bits per heavy atom. The first-order valence-corrected chi connectivity index (χ1v) is 17.7. The van der Waals surface area contributed by atoms with E-state index < -0.39 is 0 Å². The Bertz CT molecular complexity index is 3410. The quantitative estimate of drug-likeness (QED) is 0.188. The summed E-state index contributed by atoms with van der Waals surface area (Å²) < 4.78 is 17.9. The third-order valence-electron chi connectivity index (χ3n) is 10.9. The lowest BCUT2D eigenvalue weighted by molar-refractivity contribution is 0.668. The van der Waals surface area contributed by atoms with E-state index in [1.807, 2.05) is 18.2 Å². The van der Waals surface area contributed by atoms with Crippen LogP contribution in [-0.2, 0) is 0 Å². The standard InChI is InChI=1S/C48H28N2O2/c1-2-12-29(13-3-1)49-40-21-8-5-15-36(40)46-41(49)26-25-33-31-14-4-7-20-39(31)50(47(33)46)30-24-27-43-38(28-30)35-19-10-18-34(48(35)52-43)32-17-11-23-44-45(32)37-16-6-9-22-42(37)51-44/h1-28H. The molecule has 0 aliphatic carbocycles. The summed E-state index contributed by atoms with van der Waals surface area (Å²) in [5, 5.41) is 9.33. The van der Waals surface area contributed by atoms with E-state index in [0.29, 0.717) is 0 Å². The van der Waals surface area contributed by atoms with Crippen molar-refractivity contribution in [3.63, 3.8) is 0 Å². The van der Waals surface area contributed by atoms with Crippen LogP contribution in [0.4, 0.5) is 0 Å². The number of hydrogen-bond acceptors (Lipinski definition) is 2. The molecule has 12 rings (SSSR count). The minimum Gasteiger partial charge on any atom is -0.456 e. The predicted octanol–water partition coefficient (Wildman–Crippen LogP) is 13.3. The van der Waals surface area contributed by atoms with E-state index in [1.165, 1.54) is 43.6 Å². The van der Waals surface area contributed by atoms with Crippen molar-refractivity contribution in [2.24, 2.45) is 0 Å². The lowest BCUT2D eigenvalue weighted by Crippen LogP contribution is -1.95. The Morgan fingerprint density at radius 2 is 1.00 bits per heavy atom. The fourth-order valence-corrected chi connectivity index (χ4v) is 8.77. The van der Waals surface area contributed by atoms with Gasteiger partial charge in [0.15, 0.2) is 0 Å². The average molecular weight is 665 g/mol. The second kappa shape index (κ2) is 10.3. The topological polar surface area (TPSA) is 36.1 Å². The van der Waals surface area contributed by atoms with Crippen LogP contribution >= 0.6 is 0 Å². The summed E-state index contributed by atoms with van der Waals surface area (Å²) in [7, 11) is 0. The van der Waals surface area contributed by atoms with Gasteiger partial charge in [0, 0.05) is 60.0 Å². The maximum absolute atomic E-state index is 6.76. The normalized spacial score (nSPS) is 12.2. The van der Waals surface area contributed by atoms with Crippen molar-refractivity contribution in [1.82, 2.24) is 9.13 Å². The van der Waals surface area contributed by atoms with Crippen LogP contribution in [0, 0.1) is 0 Å². The molecule has 0 bridgehead atoms. The summed E-state index contributed by atoms with van der Waals surface area (Å²) in [4.78, 5) is 0. The summed E-state index contributed by atoms with van der Waals surface area (Å²) >= 11 is 0. The smallest absolute Gasteiger partial charge is 0.143 e. The Balaban J connectivity index is 1.16. The van der Waals surface area contributed by atoms with Crippen molar-refractivity contribution in [3.8, 4) is 22.5 Å². The number of rotatable bonds is 3. The Kier molecular flexibility index (Phi) is 5.47. The Hall–Kier alpha value is -7.04. The van der Waals surface area contributed by atoms with Crippen LogP contribution in [0.15, 0.2) is 179 Å². The molecule has 0 saturated heterocycles. The SMILES string of the molecule is c1ccc(-n2c3ccccc3c3c2ccc2c4ccccc4n(-c4ccc5oc6c(-c7cccc8oc9ccccc9c78)cccc6c5c4)c23)cc1. The molecule has 12 aromatic rings. The molecule has 0 unspecified atom stereocenters. The summed E-state index contributed by atoms with van der Waals surface area (Å²) in [5.74, 6) is 0. The number of para-hydroxylation sites is 5. The number of nitrogens with zero attached hydrogens (tertiary/aromatic N) is 2. The molecule has 52 heavy (non-hydrogen) atoms. The highest BCUT2D eigenvalue weighted by molar-refractivity contribution is 6.26. The van der Waals surface area contributed by atoms with Gasteiger partial charge in [0.2, 0.25) is 0 Å². The van der Waals surface area contributed by atoms with Crippen LogP contribution in [0.3, 0.4) is 0 Å². The molecule has 0 aliphatic rings. The molecule has 4 heterocycles. The zero-order valence-electron chi connectivity index (χ0n) is 27.9. The van der Waals surface area contributed by atoms with Crippen LogP contribution < -0.4 is 0 Å². The van der Waals surface area contributed by atoms with Crippen LogP contribution in [0.25, 0.3) is 110 Å². The fourth-order valence-electron chi connectivity index (χ4n) is 8.77. The van der Waals surface area contributed by atoms with Crippen molar-refractivity contribution in [2.45, 2.75) is 0 Å². The number of hydrogen-bond donors (Lipinski definition) is 0. The lowest BCUT2D eigenvalue weighted by Gasteiger charge is -2.10. The Labute approximate surface area is 296 Å². The van der Waals surface area contributed by atoms with E-state index >= 15 is 0 Å². The van der Waals surface area contributed by atoms with E-state index in [4.69, 9.17) is 8.83 Å². The molecule has 0 fully saturated rings. The molecule has 242 valence electrons. The van der Waals surface area contributed by atoms with Gasteiger partial charge >= 0.3 is 0 Å². The number of benzene rings is 8. The van der Waals surface area contributed by atoms with Gasteiger partial charge in [0.25, 0.3) is 0 Å². The van der Waals surface area contributed by atoms with Gasteiger partial charge < -0.3 is 18.0 Å². The molecule has 0 saturated carbocycles. The molecule has 4 heteroatoms. The van der Waals surface area contributed by atoms with E-state index in [-0.39, 0.29) is 0 Å². The van der Waals surface area contributed by atoms with Crippen LogP contribution in [0.5, 0.6) is 0 Å². The summed E-state index contributed by atoms with van der Waals surface area (Å²) in [5.41, 5.74) is 12.7. The zero-order chi connectivity index (χ0) is 33.9. The average Bonchev–Trinajstić information content (AvgIpc) is 3.95. The second-order valence-corrected chi connectivity index (χ2v) is 13.6. The molecule has 0 amide bonds. The summed E-state index contributed by atoms with van der Waals surface area (Å²) in [6.45, 7) is 0. The third-order valence-corrected chi connectivity index (χ3v) is 10.9. The predicted molar refractivity (Wildman–Crippen MR) is 215 cm³/mol. The third kappa shape index (κ3) is 3.65. The maximum Gasteiger partial charge on any atom is 0.143 e. The van der Waals surface area contributed by atoms with Crippen LogP contribution in [-0.4, -0.2) is 9.13 Å². The molecule has 4 aromatic heterocycles. The number of aromatic nitrogens is 2. The molecule has 0 spiro atoms. The van der Waals surface area contributed by atoms with Gasteiger partial charge in [-0.15, -0.1) is 0 Å². The van der Waals surface area contributed by atoms with Crippen molar-refractivity contribution in [2.75, 3.05) is 0 Å². The first-order valence-electron chi connectivity index (χ1n) is 17.7. The number of furan rings is 2.